The normalized spacial score (nSPS) is 19.4. The molecule has 2 amide bonds. The molecule has 10 heteroatoms. The summed E-state index contributed by atoms with van der Waals surface area (Å²) in [5.74, 6) is -1.63. The molecule has 0 aromatic carbocycles. The molecule has 21 heavy (non-hydrogen) atoms. The number of rotatable bonds is 2. The largest absolute Gasteiger partial charge is 0.481 e. The molecule has 0 radical (unpaired) electrons. The number of carbonyl (C=O) groups excluding carboxylic acids is 1. The smallest absolute Gasteiger partial charge is 0.427 e. The first-order valence-corrected chi connectivity index (χ1v) is 6.91. The Hall–Kier alpha value is -1.84. The van der Waals surface area contributed by atoms with Gasteiger partial charge in [-0.1, -0.05) is 11.3 Å². The molecule has 1 aromatic heterocycles. The number of halogens is 3. The Morgan fingerprint density at radius 2 is 2.19 bits per heavy atom. The minimum Gasteiger partial charge on any atom is -0.481 e. The van der Waals surface area contributed by atoms with Crippen molar-refractivity contribution in [2.45, 2.75) is 19.0 Å². The molecule has 0 bridgehead atoms. The van der Waals surface area contributed by atoms with Gasteiger partial charge >= 0.3 is 18.2 Å². The van der Waals surface area contributed by atoms with Crippen LogP contribution in [0.15, 0.2) is 6.20 Å². The quantitative estimate of drug-likeness (QED) is 0.876. The second kappa shape index (κ2) is 5.88. The number of piperidine rings is 1. The fourth-order valence-electron chi connectivity index (χ4n) is 2.00. The summed E-state index contributed by atoms with van der Waals surface area (Å²) in [6, 6.07) is -0.635. The van der Waals surface area contributed by atoms with Gasteiger partial charge in [0.05, 0.1) is 12.1 Å². The highest BCUT2D eigenvalue weighted by atomic mass is 32.1. The van der Waals surface area contributed by atoms with Crippen molar-refractivity contribution in [3.8, 4) is 0 Å². The Morgan fingerprint density at radius 1 is 1.48 bits per heavy atom. The molecule has 2 rings (SSSR count). The number of nitrogens with one attached hydrogen (secondary N) is 1. The molecule has 1 aliphatic heterocycles. The van der Waals surface area contributed by atoms with Crippen LogP contribution < -0.4 is 5.32 Å². The molecule has 0 spiro atoms. The van der Waals surface area contributed by atoms with Gasteiger partial charge in [-0.3, -0.25) is 10.1 Å². The van der Waals surface area contributed by atoms with E-state index in [0.29, 0.717) is 36.9 Å². The van der Waals surface area contributed by atoms with E-state index in [0.717, 1.165) is 0 Å². The minimum atomic E-state index is -4.50. The van der Waals surface area contributed by atoms with E-state index in [-0.39, 0.29) is 11.7 Å². The van der Waals surface area contributed by atoms with Crippen LogP contribution in [-0.4, -0.2) is 40.1 Å². The summed E-state index contributed by atoms with van der Waals surface area (Å²) >= 11 is 0.328. The van der Waals surface area contributed by atoms with E-state index in [4.69, 9.17) is 5.11 Å². The van der Waals surface area contributed by atoms with Gasteiger partial charge in [0, 0.05) is 13.1 Å². The Labute approximate surface area is 121 Å². The lowest BCUT2D eigenvalue weighted by atomic mass is 9.99. The van der Waals surface area contributed by atoms with Crippen LogP contribution in [0, 0.1) is 5.92 Å². The predicted molar refractivity (Wildman–Crippen MR) is 68.1 cm³/mol. The Kier molecular flexibility index (Phi) is 4.35. The molecule has 1 aliphatic rings. The lowest BCUT2D eigenvalue weighted by Crippen LogP contribution is -2.44. The summed E-state index contributed by atoms with van der Waals surface area (Å²) in [7, 11) is 0. The van der Waals surface area contributed by atoms with Crippen LogP contribution in [0.5, 0.6) is 0 Å². The average Bonchev–Trinajstić information content (AvgIpc) is 2.87. The SMILES string of the molecule is O=C(O)C1CCCN(C(=O)Nc2ncc(C(F)(F)F)s2)C1. The zero-order valence-electron chi connectivity index (χ0n) is 10.7. The van der Waals surface area contributed by atoms with Crippen molar-refractivity contribution >= 4 is 28.5 Å². The molecule has 1 unspecified atom stereocenters. The fourth-order valence-corrected chi connectivity index (χ4v) is 2.67. The van der Waals surface area contributed by atoms with Gasteiger partial charge in [0.2, 0.25) is 0 Å². The second-order valence-electron chi connectivity index (χ2n) is 4.58. The number of aliphatic carboxylic acids is 1. The maximum absolute atomic E-state index is 12.4. The van der Waals surface area contributed by atoms with Crippen LogP contribution in [0.3, 0.4) is 0 Å². The highest BCUT2D eigenvalue weighted by molar-refractivity contribution is 7.15. The van der Waals surface area contributed by atoms with Gasteiger partial charge < -0.3 is 10.0 Å². The third kappa shape index (κ3) is 3.84. The van der Waals surface area contributed by atoms with E-state index in [9.17, 15) is 22.8 Å². The number of carboxylic acid groups (broad SMARTS) is 1. The Morgan fingerprint density at radius 3 is 2.76 bits per heavy atom. The van der Waals surface area contributed by atoms with Crippen LogP contribution in [0.1, 0.15) is 17.7 Å². The third-order valence-electron chi connectivity index (χ3n) is 3.06. The molecule has 1 aromatic rings. The van der Waals surface area contributed by atoms with E-state index in [1.165, 1.54) is 4.90 Å². The van der Waals surface area contributed by atoms with Crippen molar-refractivity contribution in [3.63, 3.8) is 0 Å². The maximum atomic E-state index is 12.4. The van der Waals surface area contributed by atoms with Crippen LogP contribution in [0.4, 0.5) is 23.1 Å². The van der Waals surface area contributed by atoms with E-state index in [1.807, 2.05) is 0 Å². The highest BCUT2D eigenvalue weighted by Crippen LogP contribution is 2.35. The number of hydrogen-bond acceptors (Lipinski definition) is 4. The molecule has 1 saturated heterocycles. The average molecular weight is 323 g/mol. The second-order valence-corrected chi connectivity index (χ2v) is 5.61. The standard InChI is InChI=1S/C11H12F3N3O3S/c12-11(13,14)7-4-15-9(21-7)16-10(20)17-3-1-2-6(5-17)8(18)19/h4,6H,1-3,5H2,(H,18,19)(H,15,16,20). The summed E-state index contributed by atoms with van der Waals surface area (Å²) in [4.78, 5) is 26.7. The monoisotopic (exact) mass is 323 g/mol. The zero-order chi connectivity index (χ0) is 15.6. The number of amides is 2. The number of aromatic nitrogens is 1. The Bertz CT molecular complexity index is 546. The maximum Gasteiger partial charge on any atom is 0.427 e. The summed E-state index contributed by atoms with van der Waals surface area (Å²) < 4.78 is 37.2. The Balaban J connectivity index is 1.98. The molecule has 0 aliphatic carbocycles. The molecular formula is C11H12F3N3O3S. The van der Waals surface area contributed by atoms with Crippen LogP contribution in [0.2, 0.25) is 0 Å². The number of hydrogen-bond donors (Lipinski definition) is 2. The molecule has 2 heterocycles. The van der Waals surface area contributed by atoms with E-state index in [1.54, 1.807) is 0 Å². The van der Waals surface area contributed by atoms with Crippen LogP contribution in [0.25, 0.3) is 0 Å². The van der Waals surface area contributed by atoms with Crippen molar-refractivity contribution in [1.29, 1.82) is 0 Å². The lowest BCUT2D eigenvalue weighted by molar-refractivity contribution is -0.143. The van der Waals surface area contributed by atoms with Gasteiger partial charge in [-0.15, -0.1) is 0 Å². The number of urea groups is 1. The molecule has 116 valence electrons. The van der Waals surface area contributed by atoms with Crippen LogP contribution >= 0.6 is 11.3 Å². The van der Waals surface area contributed by atoms with Crippen LogP contribution in [-0.2, 0) is 11.0 Å². The van der Waals surface area contributed by atoms with Gasteiger partial charge in [0.1, 0.15) is 4.88 Å². The summed E-state index contributed by atoms with van der Waals surface area (Å²) in [5, 5.41) is 11.0. The number of nitrogens with zero attached hydrogens (tertiary/aromatic N) is 2. The number of carboxylic acids is 1. The first kappa shape index (κ1) is 15.5. The number of thiazole rings is 1. The molecular weight excluding hydrogens is 311 g/mol. The number of anilines is 1. The van der Waals surface area contributed by atoms with Gasteiger partial charge in [-0.25, -0.2) is 9.78 Å². The van der Waals surface area contributed by atoms with E-state index in [2.05, 4.69) is 10.3 Å². The molecule has 0 saturated carbocycles. The lowest BCUT2D eigenvalue weighted by Gasteiger charge is -2.30. The van der Waals surface area contributed by atoms with Gasteiger partial charge in [-0.2, -0.15) is 13.2 Å². The first-order chi connectivity index (χ1) is 9.77. The topological polar surface area (TPSA) is 82.5 Å². The summed E-state index contributed by atoms with van der Waals surface area (Å²) in [6.45, 7) is 0.409. The third-order valence-corrected chi connectivity index (χ3v) is 4.01. The van der Waals surface area contributed by atoms with Gasteiger partial charge in [0.15, 0.2) is 5.13 Å². The van der Waals surface area contributed by atoms with Crippen molar-refractivity contribution in [1.82, 2.24) is 9.88 Å². The van der Waals surface area contributed by atoms with E-state index < -0.39 is 29.0 Å². The number of carbonyl (C=O) groups is 2. The fraction of sp³-hybridized carbons (Fsp3) is 0.545. The first-order valence-electron chi connectivity index (χ1n) is 6.09. The van der Waals surface area contributed by atoms with Gasteiger partial charge in [-0.05, 0) is 12.8 Å². The molecule has 2 N–H and O–H groups in total. The molecule has 1 atom stereocenters. The van der Waals surface area contributed by atoms with Gasteiger partial charge in [0.25, 0.3) is 0 Å². The van der Waals surface area contributed by atoms with Crippen molar-refractivity contribution in [2.24, 2.45) is 5.92 Å². The molecule has 1 fully saturated rings. The zero-order valence-corrected chi connectivity index (χ0v) is 11.5. The number of alkyl halides is 3. The minimum absolute atomic E-state index is 0.0403. The number of likely N-dealkylation sites (tertiary alicyclic amines) is 1. The van der Waals surface area contributed by atoms with Crippen molar-refractivity contribution in [3.05, 3.63) is 11.1 Å². The van der Waals surface area contributed by atoms with E-state index >= 15 is 0 Å². The van der Waals surface area contributed by atoms with Crippen molar-refractivity contribution in [2.75, 3.05) is 18.4 Å². The summed E-state index contributed by atoms with van der Waals surface area (Å²) in [5.41, 5.74) is 0. The summed E-state index contributed by atoms with van der Waals surface area (Å²) in [6.07, 6.45) is -2.83. The highest BCUT2D eigenvalue weighted by Gasteiger charge is 2.34. The van der Waals surface area contributed by atoms with Crippen molar-refractivity contribution < 1.29 is 27.9 Å². The molecule has 6 nitrogen and oxygen atoms in total. The predicted octanol–water partition coefficient (Wildman–Crippen LogP) is 2.49.